The quantitative estimate of drug-likeness (QED) is 0.753. The van der Waals surface area contributed by atoms with Gasteiger partial charge in [-0.2, -0.15) is 0 Å². The van der Waals surface area contributed by atoms with Crippen molar-refractivity contribution < 1.29 is 9.18 Å². The van der Waals surface area contributed by atoms with Gasteiger partial charge in [-0.25, -0.2) is 9.18 Å². The van der Waals surface area contributed by atoms with Crippen molar-refractivity contribution >= 4 is 17.4 Å². The molecule has 2 amide bonds. The van der Waals surface area contributed by atoms with E-state index in [1.54, 1.807) is 23.1 Å². The molecular formula is C20H27FN6O. The largest absolute Gasteiger partial charge is 0.405 e. The molecule has 0 aromatic heterocycles. The number of hydrogen-bond donors (Lipinski definition) is 2. The molecule has 150 valence electrons. The number of nitrogens with zero attached hydrogens (tertiary/aromatic N) is 4. The molecule has 3 aliphatic heterocycles. The van der Waals surface area contributed by atoms with Gasteiger partial charge in [0.25, 0.3) is 0 Å². The van der Waals surface area contributed by atoms with E-state index in [0.29, 0.717) is 12.4 Å². The fourth-order valence-corrected chi connectivity index (χ4v) is 4.41. The van der Waals surface area contributed by atoms with E-state index in [4.69, 9.17) is 11.5 Å². The Bertz CT molecular complexity index is 824. The van der Waals surface area contributed by atoms with Crippen molar-refractivity contribution in [2.45, 2.75) is 6.42 Å². The Balaban J connectivity index is 1.41. The lowest BCUT2D eigenvalue weighted by Crippen LogP contribution is -2.74. The molecule has 3 heterocycles. The molecule has 1 aromatic carbocycles. The molecular weight excluding hydrogens is 359 g/mol. The summed E-state index contributed by atoms with van der Waals surface area (Å²) in [5, 5.41) is 0. The van der Waals surface area contributed by atoms with Gasteiger partial charge >= 0.3 is 6.03 Å². The second kappa shape index (κ2) is 6.92. The van der Waals surface area contributed by atoms with Crippen molar-refractivity contribution in [2.75, 3.05) is 56.1 Å². The molecule has 4 rings (SSSR count). The summed E-state index contributed by atoms with van der Waals surface area (Å²) in [6.07, 6.45) is 5.81. The predicted octanol–water partition coefficient (Wildman–Crippen LogP) is 1.48. The third kappa shape index (κ3) is 3.12. The number of fused-ring (bicyclic) bond motifs is 1. The van der Waals surface area contributed by atoms with Gasteiger partial charge in [0.15, 0.2) is 0 Å². The number of nitrogens with two attached hydrogens (primary N) is 2. The lowest BCUT2D eigenvalue weighted by molar-refractivity contribution is -0.0782. The molecule has 0 saturated carbocycles. The lowest BCUT2D eigenvalue weighted by Gasteiger charge is -2.61. The lowest BCUT2D eigenvalue weighted by atomic mass is 9.73. The van der Waals surface area contributed by atoms with Crippen molar-refractivity contribution in [3.05, 3.63) is 48.2 Å². The molecule has 1 spiro atoms. The molecule has 4 N–H and O–H groups in total. The fraction of sp³-hybridized carbons (Fsp3) is 0.450. The van der Waals surface area contributed by atoms with Crippen LogP contribution in [-0.2, 0) is 0 Å². The number of anilines is 2. The zero-order valence-corrected chi connectivity index (χ0v) is 16.1. The number of amides is 2. The Morgan fingerprint density at radius 3 is 2.57 bits per heavy atom. The average molecular weight is 386 g/mol. The molecule has 1 aromatic rings. The number of rotatable bonds is 2. The van der Waals surface area contributed by atoms with Crippen molar-refractivity contribution in [1.82, 2.24) is 9.80 Å². The second-order valence-corrected chi connectivity index (χ2v) is 8.03. The molecule has 0 radical (unpaired) electrons. The van der Waals surface area contributed by atoms with Crippen LogP contribution in [0.2, 0.25) is 0 Å². The smallest absolute Gasteiger partial charge is 0.324 e. The summed E-state index contributed by atoms with van der Waals surface area (Å²) in [4.78, 5) is 20.9. The fourth-order valence-electron chi connectivity index (χ4n) is 4.41. The van der Waals surface area contributed by atoms with Crippen LogP contribution in [0.25, 0.3) is 0 Å². The maximum Gasteiger partial charge on any atom is 0.324 e. The third-order valence-electron chi connectivity index (χ3n) is 5.86. The van der Waals surface area contributed by atoms with E-state index in [2.05, 4.69) is 4.90 Å². The standard InChI is InChI=1S/C20H27FN6O/c1-24-8-3-9-27(16-6-5-15(21)10-17(16)24)19(28)26-13-20(14-26)11-25(12-20)18(23)4-2-7-22/h2,4-7,10H,3,8-9,11-14,22-23H2,1H3/b7-2-,18-4+. The van der Waals surface area contributed by atoms with Crippen LogP contribution >= 0.6 is 0 Å². The van der Waals surface area contributed by atoms with Crippen molar-refractivity contribution in [3.8, 4) is 0 Å². The van der Waals surface area contributed by atoms with E-state index >= 15 is 0 Å². The third-order valence-corrected chi connectivity index (χ3v) is 5.86. The second-order valence-electron chi connectivity index (χ2n) is 8.03. The number of urea groups is 1. The van der Waals surface area contributed by atoms with E-state index in [1.807, 2.05) is 16.8 Å². The van der Waals surface area contributed by atoms with E-state index in [9.17, 15) is 9.18 Å². The number of carbonyl (C=O) groups is 1. The zero-order chi connectivity index (χ0) is 19.9. The summed E-state index contributed by atoms with van der Waals surface area (Å²) < 4.78 is 13.7. The van der Waals surface area contributed by atoms with Crippen LogP contribution in [-0.4, -0.2) is 62.1 Å². The number of benzene rings is 1. The first-order valence-corrected chi connectivity index (χ1v) is 9.59. The summed E-state index contributed by atoms with van der Waals surface area (Å²) in [5.41, 5.74) is 13.0. The summed E-state index contributed by atoms with van der Waals surface area (Å²) >= 11 is 0. The Hall–Kier alpha value is -2.90. The maximum atomic E-state index is 13.7. The molecule has 0 atom stereocenters. The van der Waals surface area contributed by atoms with Gasteiger partial charge in [-0.3, -0.25) is 4.90 Å². The van der Waals surface area contributed by atoms with Crippen molar-refractivity contribution in [2.24, 2.45) is 16.9 Å². The molecule has 7 nitrogen and oxygen atoms in total. The Morgan fingerprint density at radius 2 is 1.86 bits per heavy atom. The van der Waals surface area contributed by atoms with Crippen molar-refractivity contribution in [1.29, 1.82) is 0 Å². The normalized spacial score (nSPS) is 21.4. The minimum atomic E-state index is -0.285. The van der Waals surface area contributed by atoms with Crippen LogP contribution in [0, 0.1) is 11.2 Å². The Morgan fingerprint density at radius 1 is 1.14 bits per heavy atom. The van der Waals surface area contributed by atoms with Gasteiger partial charge in [-0.05, 0) is 43.0 Å². The van der Waals surface area contributed by atoms with Gasteiger partial charge in [0.2, 0.25) is 0 Å². The highest BCUT2D eigenvalue weighted by Crippen LogP contribution is 2.42. The zero-order valence-electron chi connectivity index (χ0n) is 16.1. The van der Waals surface area contributed by atoms with Gasteiger partial charge in [0.1, 0.15) is 5.82 Å². The summed E-state index contributed by atoms with van der Waals surface area (Å²) in [6.45, 7) is 4.58. The first kappa shape index (κ1) is 18.5. The molecule has 2 saturated heterocycles. The van der Waals surface area contributed by atoms with E-state index in [0.717, 1.165) is 50.5 Å². The molecule has 8 heteroatoms. The van der Waals surface area contributed by atoms with E-state index in [1.165, 1.54) is 18.3 Å². The summed E-state index contributed by atoms with van der Waals surface area (Å²) in [6, 6.07) is 4.64. The summed E-state index contributed by atoms with van der Waals surface area (Å²) in [5.74, 6) is 0.413. The average Bonchev–Trinajstić information content (AvgIpc) is 2.76. The number of hydrogen-bond acceptors (Lipinski definition) is 5. The highest BCUT2D eigenvalue weighted by molar-refractivity contribution is 5.96. The SMILES string of the molecule is CN1CCCN(C(=O)N2CC3(C2)CN(/C(N)=C/C=C\N)C3)c2ccc(F)cc21. The van der Waals surface area contributed by atoms with Crippen LogP contribution in [0.15, 0.2) is 42.4 Å². The predicted molar refractivity (Wildman–Crippen MR) is 108 cm³/mol. The highest BCUT2D eigenvalue weighted by atomic mass is 19.1. The summed E-state index contributed by atoms with van der Waals surface area (Å²) in [7, 11) is 1.94. The molecule has 0 unspecified atom stereocenters. The molecule has 0 bridgehead atoms. The van der Waals surface area contributed by atoms with Gasteiger partial charge in [0, 0.05) is 51.7 Å². The van der Waals surface area contributed by atoms with Gasteiger partial charge in [0.05, 0.1) is 17.2 Å². The van der Waals surface area contributed by atoms with Crippen LogP contribution in [0.4, 0.5) is 20.6 Å². The Kier molecular flexibility index (Phi) is 4.56. The van der Waals surface area contributed by atoms with Gasteiger partial charge in [-0.15, -0.1) is 0 Å². The maximum absolute atomic E-state index is 13.7. The molecule has 2 fully saturated rings. The van der Waals surface area contributed by atoms with Crippen molar-refractivity contribution in [3.63, 3.8) is 0 Å². The number of allylic oxidation sites excluding steroid dienone is 2. The van der Waals surface area contributed by atoms with Crippen LogP contribution < -0.4 is 21.3 Å². The Labute approximate surface area is 164 Å². The minimum Gasteiger partial charge on any atom is -0.405 e. The van der Waals surface area contributed by atoms with Crippen LogP contribution in [0.5, 0.6) is 0 Å². The molecule has 3 aliphatic rings. The monoisotopic (exact) mass is 386 g/mol. The van der Waals surface area contributed by atoms with E-state index in [-0.39, 0.29) is 17.3 Å². The van der Waals surface area contributed by atoms with Gasteiger partial charge < -0.3 is 26.2 Å². The topological polar surface area (TPSA) is 82.1 Å². The molecule has 28 heavy (non-hydrogen) atoms. The first-order valence-electron chi connectivity index (χ1n) is 9.59. The minimum absolute atomic E-state index is 0.00168. The highest BCUT2D eigenvalue weighted by Gasteiger charge is 2.54. The van der Waals surface area contributed by atoms with Crippen LogP contribution in [0.1, 0.15) is 6.42 Å². The number of carbonyl (C=O) groups excluding carboxylic acids is 1. The van der Waals surface area contributed by atoms with E-state index < -0.39 is 0 Å². The number of halogens is 1. The number of likely N-dealkylation sites (tertiary alicyclic amines) is 2. The van der Waals surface area contributed by atoms with Gasteiger partial charge in [-0.1, -0.05) is 0 Å². The first-order chi connectivity index (χ1) is 13.4. The van der Waals surface area contributed by atoms with Crippen LogP contribution in [0.3, 0.4) is 0 Å². The molecule has 0 aliphatic carbocycles.